The first-order valence-electron chi connectivity index (χ1n) is 20.8. The minimum Gasteiger partial charge on any atom is -0.208 e. The SMILES string of the molecule is [2H]c1c(-c2cccc3ccccc23)c([2H])c2c([2H])c([2H])c(-c3cccc(-c4nc(-c5ccccc5)nc(-c5ccc6cccc(-c7ccccc7)c6c5)n4)c3)c([2H])c2c1[2H]. The average molecular weight is 694 g/mol. The third-order valence-corrected chi connectivity index (χ3v) is 9.74. The van der Waals surface area contributed by atoms with E-state index in [2.05, 4.69) is 42.5 Å². The summed E-state index contributed by atoms with van der Waals surface area (Å²) in [5.74, 6) is 1.33. The Labute approximate surface area is 322 Å². The summed E-state index contributed by atoms with van der Waals surface area (Å²) in [5, 5.41) is 3.88. The van der Waals surface area contributed by atoms with E-state index >= 15 is 0 Å². The highest BCUT2D eigenvalue weighted by atomic mass is 15.0. The molecule has 3 nitrogen and oxygen atoms in total. The molecule has 0 unspecified atom stereocenters. The van der Waals surface area contributed by atoms with Gasteiger partial charge in [0.15, 0.2) is 17.5 Å². The van der Waals surface area contributed by atoms with Gasteiger partial charge in [-0.25, -0.2) is 15.0 Å². The summed E-state index contributed by atoms with van der Waals surface area (Å²) >= 11 is 0. The Balaban J connectivity index is 1.13. The third kappa shape index (κ3) is 5.88. The lowest BCUT2D eigenvalue weighted by Gasteiger charge is -2.12. The van der Waals surface area contributed by atoms with Crippen LogP contribution in [0.5, 0.6) is 0 Å². The molecule has 0 aliphatic heterocycles. The number of benzene rings is 9. The van der Waals surface area contributed by atoms with E-state index in [1.54, 1.807) is 18.2 Å². The van der Waals surface area contributed by atoms with Crippen molar-refractivity contribution in [2.75, 3.05) is 0 Å². The number of rotatable bonds is 6. The molecule has 0 aliphatic carbocycles. The van der Waals surface area contributed by atoms with Gasteiger partial charge in [-0.3, -0.25) is 0 Å². The summed E-state index contributed by atoms with van der Waals surface area (Å²) in [5.41, 5.74) is 5.79. The van der Waals surface area contributed by atoms with Crippen LogP contribution in [0.2, 0.25) is 0 Å². The lowest BCUT2D eigenvalue weighted by Crippen LogP contribution is -2.00. The molecule has 0 N–H and O–H groups in total. The highest BCUT2D eigenvalue weighted by molar-refractivity contribution is 6.00. The highest BCUT2D eigenvalue weighted by Gasteiger charge is 2.15. The van der Waals surface area contributed by atoms with E-state index in [0.29, 0.717) is 34.2 Å². The molecule has 10 rings (SSSR count). The summed E-state index contributed by atoms with van der Waals surface area (Å²) in [6, 6.07) is 51.5. The molecular weight excluding hydrogens is 655 g/mol. The van der Waals surface area contributed by atoms with Gasteiger partial charge in [0.05, 0.1) is 8.22 Å². The topological polar surface area (TPSA) is 38.7 Å². The molecule has 0 aliphatic rings. The predicted molar refractivity (Wildman–Crippen MR) is 225 cm³/mol. The third-order valence-electron chi connectivity index (χ3n) is 9.74. The van der Waals surface area contributed by atoms with E-state index in [1.807, 2.05) is 103 Å². The van der Waals surface area contributed by atoms with Gasteiger partial charge in [0, 0.05) is 16.7 Å². The van der Waals surface area contributed by atoms with E-state index in [1.165, 1.54) is 0 Å². The molecule has 54 heavy (non-hydrogen) atoms. The highest BCUT2D eigenvalue weighted by Crippen LogP contribution is 2.35. The minimum atomic E-state index is -0.277. The number of hydrogen-bond donors (Lipinski definition) is 0. The van der Waals surface area contributed by atoms with Crippen molar-refractivity contribution in [2.45, 2.75) is 0 Å². The standard InChI is InChI=1S/C51H33N3/c1-3-12-34(13-4-1)46-22-11-18-36-24-29-44(33-48(36)46)51-53-49(37-15-5-2-6-16-37)52-50(54-51)43-20-9-19-38(32-43)39-25-26-41-31-42(28-27-40(41)30-39)47-23-10-17-35-14-7-8-21-45(35)47/h1-33H/i25D,26D,27D,28D,30D,31D. The Morgan fingerprint density at radius 2 is 0.796 bits per heavy atom. The lowest BCUT2D eigenvalue weighted by atomic mass is 9.94. The molecule has 0 bridgehead atoms. The molecule has 10 aromatic rings. The molecule has 9 aromatic carbocycles. The predicted octanol–water partition coefficient (Wildman–Crippen LogP) is 13.3. The Morgan fingerprint density at radius 1 is 0.296 bits per heavy atom. The van der Waals surface area contributed by atoms with Crippen molar-refractivity contribution in [3.8, 4) is 67.5 Å². The van der Waals surface area contributed by atoms with Gasteiger partial charge in [0.1, 0.15) is 0 Å². The fourth-order valence-electron chi connectivity index (χ4n) is 7.04. The molecule has 0 saturated heterocycles. The van der Waals surface area contributed by atoms with E-state index in [0.717, 1.165) is 43.8 Å². The molecule has 0 amide bonds. The van der Waals surface area contributed by atoms with Crippen LogP contribution in [0.25, 0.3) is 99.9 Å². The Bertz CT molecular complexity index is 3330. The number of nitrogens with zero attached hydrogens (tertiary/aromatic N) is 3. The number of aromatic nitrogens is 3. The van der Waals surface area contributed by atoms with Gasteiger partial charge in [-0.1, -0.05) is 176 Å². The normalized spacial score (nSPS) is 12.9. The maximum Gasteiger partial charge on any atom is 0.164 e. The number of fused-ring (bicyclic) bond motifs is 3. The maximum atomic E-state index is 9.44. The van der Waals surface area contributed by atoms with Crippen LogP contribution in [0.4, 0.5) is 0 Å². The average Bonchev–Trinajstić information content (AvgIpc) is 3.29. The lowest BCUT2D eigenvalue weighted by molar-refractivity contribution is 1.07. The molecule has 0 atom stereocenters. The van der Waals surface area contributed by atoms with Crippen LogP contribution in [-0.2, 0) is 0 Å². The van der Waals surface area contributed by atoms with E-state index in [4.69, 9.17) is 16.3 Å². The fourth-order valence-corrected chi connectivity index (χ4v) is 7.04. The second-order valence-corrected chi connectivity index (χ2v) is 13.1. The van der Waals surface area contributed by atoms with Crippen molar-refractivity contribution in [1.82, 2.24) is 15.0 Å². The smallest absolute Gasteiger partial charge is 0.164 e. The quantitative estimate of drug-likeness (QED) is 0.174. The molecule has 1 heterocycles. The first-order chi connectivity index (χ1) is 29.3. The zero-order valence-electron chi connectivity index (χ0n) is 34.9. The fraction of sp³-hybridized carbons (Fsp3) is 0. The Hall–Kier alpha value is -7.23. The molecule has 0 fully saturated rings. The molecule has 252 valence electrons. The molecule has 0 saturated carbocycles. The van der Waals surface area contributed by atoms with E-state index in [9.17, 15) is 6.85 Å². The monoisotopic (exact) mass is 693 g/mol. The van der Waals surface area contributed by atoms with Crippen LogP contribution in [0.1, 0.15) is 8.22 Å². The largest absolute Gasteiger partial charge is 0.208 e. The number of hydrogen-bond acceptors (Lipinski definition) is 3. The van der Waals surface area contributed by atoms with Crippen LogP contribution in [0.3, 0.4) is 0 Å². The summed E-state index contributed by atoms with van der Waals surface area (Å²) in [7, 11) is 0. The van der Waals surface area contributed by atoms with Gasteiger partial charge in [0.25, 0.3) is 0 Å². The molecule has 1 aromatic heterocycles. The van der Waals surface area contributed by atoms with Gasteiger partial charge >= 0.3 is 0 Å². The van der Waals surface area contributed by atoms with Gasteiger partial charge in [-0.15, -0.1) is 0 Å². The van der Waals surface area contributed by atoms with Crippen molar-refractivity contribution >= 4 is 32.3 Å². The summed E-state index contributed by atoms with van der Waals surface area (Å²) < 4.78 is 55.6. The van der Waals surface area contributed by atoms with Gasteiger partial charge in [-0.2, -0.15) is 0 Å². The summed E-state index contributed by atoms with van der Waals surface area (Å²) in [6.07, 6.45) is 0. The maximum absolute atomic E-state index is 9.44. The van der Waals surface area contributed by atoms with Crippen LogP contribution >= 0.6 is 0 Å². The van der Waals surface area contributed by atoms with Crippen molar-refractivity contribution in [3.05, 3.63) is 200 Å². The zero-order valence-corrected chi connectivity index (χ0v) is 28.9. The molecular formula is C51H33N3. The van der Waals surface area contributed by atoms with Crippen molar-refractivity contribution in [2.24, 2.45) is 0 Å². The van der Waals surface area contributed by atoms with Crippen LogP contribution < -0.4 is 0 Å². The minimum absolute atomic E-state index is 0.00428. The summed E-state index contributed by atoms with van der Waals surface area (Å²) in [4.78, 5) is 14.9. The molecule has 3 heteroatoms. The van der Waals surface area contributed by atoms with Crippen LogP contribution in [0, 0.1) is 0 Å². The Morgan fingerprint density at radius 3 is 1.54 bits per heavy atom. The second kappa shape index (κ2) is 13.4. The first-order valence-corrected chi connectivity index (χ1v) is 17.8. The van der Waals surface area contributed by atoms with Crippen molar-refractivity contribution in [3.63, 3.8) is 0 Å². The van der Waals surface area contributed by atoms with Crippen LogP contribution in [-0.4, -0.2) is 15.0 Å². The van der Waals surface area contributed by atoms with Crippen molar-refractivity contribution < 1.29 is 8.22 Å². The van der Waals surface area contributed by atoms with Gasteiger partial charge < -0.3 is 0 Å². The van der Waals surface area contributed by atoms with E-state index in [-0.39, 0.29) is 58.2 Å². The molecule has 0 radical (unpaired) electrons. The second-order valence-electron chi connectivity index (χ2n) is 13.1. The zero-order chi connectivity index (χ0) is 41.1. The molecule has 0 spiro atoms. The van der Waals surface area contributed by atoms with Crippen molar-refractivity contribution in [1.29, 1.82) is 0 Å². The van der Waals surface area contributed by atoms with E-state index < -0.39 is 0 Å². The Kier molecular flexibility index (Phi) is 6.37. The van der Waals surface area contributed by atoms with Gasteiger partial charge in [-0.05, 0) is 89.9 Å². The van der Waals surface area contributed by atoms with Gasteiger partial charge in [0.2, 0.25) is 0 Å². The van der Waals surface area contributed by atoms with Crippen LogP contribution in [0.15, 0.2) is 200 Å². The summed E-state index contributed by atoms with van der Waals surface area (Å²) in [6.45, 7) is 0. The first kappa shape index (κ1) is 25.7.